The van der Waals surface area contributed by atoms with Crippen LogP contribution in [0.15, 0.2) is 0 Å². The Balaban J connectivity index is 2.72. The molecule has 1 aliphatic heterocycles. The van der Waals surface area contributed by atoms with E-state index in [2.05, 4.69) is 33.0 Å². The van der Waals surface area contributed by atoms with Gasteiger partial charge in [0.15, 0.2) is 0 Å². The standard InChI is InChI=1S/C10H21N/c1-9(2)7-5-6-8-11-10(9,3)4/h11H,5-8H2,1-4H3. The molecule has 0 aromatic heterocycles. The maximum atomic E-state index is 3.61. The van der Waals surface area contributed by atoms with E-state index >= 15 is 0 Å². The fourth-order valence-electron chi connectivity index (χ4n) is 1.64. The molecule has 1 heterocycles. The van der Waals surface area contributed by atoms with Gasteiger partial charge in [0.1, 0.15) is 0 Å². The summed E-state index contributed by atoms with van der Waals surface area (Å²) in [6.45, 7) is 10.6. The highest BCUT2D eigenvalue weighted by Gasteiger charge is 2.36. The highest BCUT2D eigenvalue weighted by atomic mass is 15.0. The third-order valence-corrected chi connectivity index (χ3v) is 3.49. The molecule has 0 amide bonds. The maximum Gasteiger partial charge on any atom is 0.0176 e. The first-order chi connectivity index (χ1) is 4.96. The molecule has 1 nitrogen and oxygen atoms in total. The van der Waals surface area contributed by atoms with E-state index < -0.39 is 0 Å². The Morgan fingerprint density at radius 2 is 1.64 bits per heavy atom. The Morgan fingerprint density at radius 3 is 2.27 bits per heavy atom. The lowest BCUT2D eigenvalue weighted by Gasteiger charge is -2.41. The highest BCUT2D eigenvalue weighted by Crippen LogP contribution is 2.37. The van der Waals surface area contributed by atoms with Crippen LogP contribution in [0.4, 0.5) is 0 Å². The summed E-state index contributed by atoms with van der Waals surface area (Å²) in [7, 11) is 0. The first kappa shape index (κ1) is 9.05. The summed E-state index contributed by atoms with van der Waals surface area (Å²) < 4.78 is 0. The minimum Gasteiger partial charge on any atom is -0.311 e. The topological polar surface area (TPSA) is 12.0 Å². The molecule has 1 heteroatoms. The molecule has 0 aromatic rings. The van der Waals surface area contributed by atoms with E-state index in [9.17, 15) is 0 Å². The molecule has 0 spiro atoms. The molecule has 0 saturated carbocycles. The van der Waals surface area contributed by atoms with Crippen LogP contribution in [-0.4, -0.2) is 12.1 Å². The van der Waals surface area contributed by atoms with Gasteiger partial charge < -0.3 is 5.32 Å². The van der Waals surface area contributed by atoms with Gasteiger partial charge in [-0.2, -0.15) is 0 Å². The van der Waals surface area contributed by atoms with Crippen LogP contribution in [0.1, 0.15) is 47.0 Å². The van der Waals surface area contributed by atoms with Crippen molar-refractivity contribution < 1.29 is 0 Å². The molecule has 11 heavy (non-hydrogen) atoms. The van der Waals surface area contributed by atoms with E-state index in [1.165, 1.54) is 25.8 Å². The van der Waals surface area contributed by atoms with Crippen molar-refractivity contribution in [1.29, 1.82) is 0 Å². The second-order valence-electron chi connectivity index (χ2n) is 4.89. The molecule has 66 valence electrons. The predicted molar refractivity (Wildman–Crippen MR) is 49.7 cm³/mol. The van der Waals surface area contributed by atoms with E-state index in [1.54, 1.807) is 0 Å². The fourth-order valence-corrected chi connectivity index (χ4v) is 1.64. The molecular weight excluding hydrogens is 134 g/mol. The maximum absolute atomic E-state index is 3.61. The fraction of sp³-hybridized carbons (Fsp3) is 1.00. The van der Waals surface area contributed by atoms with Crippen LogP contribution in [0, 0.1) is 5.41 Å². The lowest BCUT2D eigenvalue weighted by atomic mass is 9.72. The van der Waals surface area contributed by atoms with Crippen molar-refractivity contribution >= 4 is 0 Å². The van der Waals surface area contributed by atoms with Gasteiger partial charge in [-0.15, -0.1) is 0 Å². The van der Waals surface area contributed by atoms with E-state index in [4.69, 9.17) is 0 Å². The lowest BCUT2D eigenvalue weighted by Crippen LogP contribution is -2.50. The molecule has 1 N–H and O–H groups in total. The zero-order chi connectivity index (χ0) is 8.54. The smallest absolute Gasteiger partial charge is 0.0176 e. The van der Waals surface area contributed by atoms with Crippen LogP contribution in [0.5, 0.6) is 0 Å². The van der Waals surface area contributed by atoms with E-state index in [1.807, 2.05) is 0 Å². The Bertz CT molecular complexity index is 120. The number of nitrogens with one attached hydrogen (secondary N) is 1. The van der Waals surface area contributed by atoms with Crippen LogP contribution in [0.25, 0.3) is 0 Å². The molecule has 0 atom stereocenters. The zero-order valence-corrected chi connectivity index (χ0v) is 8.33. The van der Waals surface area contributed by atoms with Gasteiger partial charge in [0, 0.05) is 5.54 Å². The van der Waals surface area contributed by atoms with Crippen molar-refractivity contribution in [2.75, 3.05) is 6.54 Å². The molecule has 0 unspecified atom stereocenters. The predicted octanol–water partition coefficient (Wildman–Crippen LogP) is 2.56. The summed E-state index contributed by atoms with van der Waals surface area (Å²) in [5.41, 5.74) is 0.757. The van der Waals surface area contributed by atoms with E-state index in [-0.39, 0.29) is 0 Å². The van der Waals surface area contributed by atoms with Crippen LogP contribution < -0.4 is 5.32 Å². The Kier molecular flexibility index (Phi) is 2.29. The van der Waals surface area contributed by atoms with Crippen molar-refractivity contribution in [2.24, 2.45) is 5.41 Å². The van der Waals surface area contributed by atoms with Crippen molar-refractivity contribution in [3.63, 3.8) is 0 Å². The number of rotatable bonds is 0. The van der Waals surface area contributed by atoms with Gasteiger partial charge in [-0.3, -0.25) is 0 Å². The summed E-state index contributed by atoms with van der Waals surface area (Å²) in [5, 5.41) is 3.61. The van der Waals surface area contributed by atoms with Gasteiger partial charge in [0.05, 0.1) is 0 Å². The molecular formula is C10H21N. The molecule has 0 aromatic carbocycles. The van der Waals surface area contributed by atoms with Gasteiger partial charge in [-0.1, -0.05) is 20.3 Å². The van der Waals surface area contributed by atoms with Gasteiger partial charge in [-0.05, 0) is 38.6 Å². The summed E-state index contributed by atoms with van der Waals surface area (Å²) in [4.78, 5) is 0. The molecule has 1 rings (SSSR count). The molecule has 1 fully saturated rings. The van der Waals surface area contributed by atoms with Crippen LogP contribution in [0.2, 0.25) is 0 Å². The Hall–Kier alpha value is -0.0400. The summed E-state index contributed by atoms with van der Waals surface area (Å²) in [6, 6.07) is 0. The van der Waals surface area contributed by atoms with Crippen molar-refractivity contribution in [3.05, 3.63) is 0 Å². The minimum absolute atomic E-state index is 0.309. The van der Waals surface area contributed by atoms with Gasteiger partial charge >= 0.3 is 0 Å². The van der Waals surface area contributed by atoms with Crippen LogP contribution >= 0.6 is 0 Å². The van der Waals surface area contributed by atoms with Crippen molar-refractivity contribution in [3.8, 4) is 0 Å². The highest BCUT2D eigenvalue weighted by molar-refractivity contribution is 4.94. The lowest BCUT2D eigenvalue weighted by molar-refractivity contribution is 0.158. The molecule has 0 aliphatic carbocycles. The first-order valence-electron chi connectivity index (χ1n) is 4.71. The Morgan fingerprint density at radius 1 is 1.00 bits per heavy atom. The van der Waals surface area contributed by atoms with Gasteiger partial charge in [0.2, 0.25) is 0 Å². The van der Waals surface area contributed by atoms with Gasteiger partial charge in [-0.25, -0.2) is 0 Å². The third kappa shape index (κ3) is 1.76. The Labute approximate surface area is 70.6 Å². The second kappa shape index (κ2) is 2.78. The average molecular weight is 155 g/mol. The zero-order valence-electron chi connectivity index (χ0n) is 8.33. The average Bonchev–Trinajstić information content (AvgIpc) is 1.94. The number of hydrogen-bond donors (Lipinski definition) is 1. The third-order valence-electron chi connectivity index (χ3n) is 3.49. The SMILES string of the molecule is CC1(C)CCCCNC1(C)C. The minimum atomic E-state index is 0.309. The number of hydrogen-bond acceptors (Lipinski definition) is 1. The van der Waals surface area contributed by atoms with E-state index in [0.717, 1.165) is 0 Å². The summed E-state index contributed by atoms with van der Waals surface area (Å²) in [6.07, 6.45) is 4.07. The monoisotopic (exact) mass is 155 g/mol. The van der Waals surface area contributed by atoms with Crippen molar-refractivity contribution in [2.45, 2.75) is 52.5 Å². The first-order valence-corrected chi connectivity index (χ1v) is 4.71. The molecule has 1 saturated heterocycles. The largest absolute Gasteiger partial charge is 0.311 e. The van der Waals surface area contributed by atoms with E-state index in [0.29, 0.717) is 11.0 Å². The normalized spacial score (nSPS) is 29.5. The van der Waals surface area contributed by atoms with Crippen LogP contribution in [-0.2, 0) is 0 Å². The summed E-state index contributed by atoms with van der Waals surface area (Å²) >= 11 is 0. The molecule has 0 radical (unpaired) electrons. The summed E-state index contributed by atoms with van der Waals surface area (Å²) in [5.74, 6) is 0. The molecule has 0 bridgehead atoms. The quantitative estimate of drug-likeness (QED) is 0.567. The molecule has 1 aliphatic rings. The van der Waals surface area contributed by atoms with Crippen LogP contribution in [0.3, 0.4) is 0 Å². The second-order valence-corrected chi connectivity index (χ2v) is 4.89. The van der Waals surface area contributed by atoms with Gasteiger partial charge in [0.25, 0.3) is 0 Å². The van der Waals surface area contributed by atoms with Crippen molar-refractivity contribution in [1.82, 2.24) is 5.32 Å².